The largest absolute Gasteiger partial charge is 0.481 e. The van der Waals surface area contributed by atoms with Crippen molar-refractivity contribution in [3.8, 4) is 0 Å². The fourth-order valence-corrected chi connectivity index (χ4v) is 2.23. The number of rotatable bonds is 10. The van der Waals surface area contributed by atoms with E-state index in [0.717, 1.165) is 37.8 Å². The van der Waals surface area contributed by atoms with Gasteiger partial charge in [0.25, 0.3) is 0 Å². The molecule has 0 radical (unpaired) electrons. The first-order valence-corrected chi connectivity index (χ1v) is 7.33. The zero-order valence-electron chi connectivity index (χ0n) is 12.1. The summed E-state index contributed by atoms with van der Waals surface area (Å²) in [6.07, 6.45) is 3.15. The van der Waals surface area contributed by atoms with Gasteiger partial charge < -0.3 is 15.5 Å². The summed E-state index contributed by atoms with van der Waals surface area (Å²) in [5.41, 5.74) is 0.928. The number of benzene rings is 1. The first kappa shape index (κ1) is 16.7. The van der Waals surface area contributed by atoms with Crippen molar-refractivity contribution < 1.29 is 15.0 Å². The van der Waals surface area contributed by atoms with E-state index in [1.807, 2.05) is 37.3 Å². The van der Waals surface area contributed by atoms with Crippen molar-refractivity contribution in [2.75, 3.05) is 6.54 Å². The van der Waals surface area contributed by atoms with Gasteiger partial charge in [-0.25, -0.2) is 0 Å². The Hall–Kier alpha value is -1.39. The quantitative estimate of drug-likeness (QED) is 0.576. The lowest BCUT2D eigenvalue weighted by Crippen LogP contribution is -2.35. The number of hydrogen-bond acceptors (Lipinski definition) is 3. The summed E-state index contributed by atoms with van der Waals surface area (Å²) in [4.78, 5) is 10.4. The standard InChI is InChI=1S/C16H25NO3/c1-2-14(16(20)13-9-5-3-6-10-13)17-12-8-4-7-11-15(18)19/h3,5-6,9-10,14,16-17,20H,2,4,7-8,11-12H2,1H3,(H,18,19). The van der Waals surface area contributed by atoms with Gasteiger partial charge in [0.15, 0.2) is 0 Å². The predicted octanol–water partition coefficient (Wildman–Crippen LogP) is 2.73. The van der Waals surface area contributed by atoms with Gasteiger partial charge >= 0.3 is 5.97 Å². The van der Waals surface area contributed by atoms with Crippen LogP contribution in [0.4, 0.5) is 0 Å². The molecule has 4 nitrogen and oxygen atoms in total. The van der Waals surface area contributed by atoms with Crippen molar-refractivity contribution >= 4 is 5.97 Å². The molecule has 0 aliphatic carbocycles. The number of carbonyl (C=O) groups is 1. The average molecular weight is 279 g/mol. The van der Waals surface area contributed by atoms with Gasteiger partial charge in [-0.1, -0.05) is 43.7 Å². The highest BCUT2D eigenvalue weighted by molar-refractivity contribution is 5.66. The summed E-state index contributed by atoms with van der Waals surface area (Å²) in [6, 6.07) is 9.70. The van der Waals surface area contributed by atoms with Crippen LogP contribution in [0.3, 0.4) is 0 Å². The summed E-state index contributed by atoms with van der Waals surface area (Å²) < 4.78 is 0. The third-order valence-corrected chi connectivity index (χ3v) is 3.44. The molecule has 0 heterocycles. The minimum atomic E-state index is -0.733. The molecule has 0 spiro atoms. The lowest BCUT2D eigenvalue weighted by molar-refractivity contribution is -0.137. The van der Waals surface area contributed by atoms with E-state index in [0.29, 0.717) is 0 Å². The molecule has 1 rings (SSSR count). The van der Waals surface area contributed by atoms with E-state index in [-0.39, 0.29) is 12.5 Å². The number of carboxylic acids is 1. The first-order valence-electron chi connectivity index (χ1n) is 7.33. The van der Waals surface area contributed by atoms with Crippen LogP contribution in [0.1, 0.15) is 50.7 Å². The van der Waals surface area contributed by atoms with Gasteiger partial charge in [-0.05, 0) is 31.4 Å². The van der Waals surface area contributed by atoms with E-state index in [2.05, 4.69) is 5.32 Å². The van der Waals surface area contributed by atoms with Crippen LogP contribution in [-0.2, 0) is 4.79 Å². The van der Waals surface area contributed by atoms with Gasteiger partial charge in [0.2, 0.25) is 0 Å². The second-order valence-electron chi connectivity index (χ2n) is 5.03. The summed E-state index contributed by atoms with van der Waals surface area (Å²) in [7, 11) is 0. The molecule has 1 aromatic rings. The van der Waals surface area contributed by atoms with Gasteiger partial charge in [0.1, 0.15) is 0 Å². The number of unbranched alkanes of at least 4 members (excludes halogenated alkanes) is 2. The molecule has 2 atom stereocenters. The summed E-state index contributed by atoms with van der Waals surface area (Å²) in [5.74, 6) is -0.733. The molecule has 0 saturated heterocycles. The van der Waals surface area contributed by atoms with Gasteiger partial charge in [-0.3, -0.25) is 4.79 Å². The van der Waals surface area contributed by atoms with E-state index >= 15 is 0 Å². The van der Waals surface area contributed by atoms with Crippen molar-refractivity contribution in [2.24, 2.45) is 0 Å². The Morgan fingerprint density at radius 1 is 1.20 bits per heavy atom. The predicted molar refractivity (Wildman–Crippen MR) is 79.6 cm³/mol. The van der Waals surface area contributed by atoms with Crippen LogP contribution in [0.2, 0.25) is 0 Å². The maximum Gasteiger partial charge on any atom is 0.303 e. The zero-order valence-corrected chi connectivity index (χ0v) is 12.1. The lowest BCUT2D eigenvalue weighted by atomic mass is 10.00. The molecule has 4 heteroatoms. The molecule has 0 saturated carbocycles. The van der Waals surface area contributed by atoms with Crippen LogP contribution >= 0.6 is 0 Å². The zero-order chi connectivity index (χ0) is 14.8. The van der Waals surface area contributed by atoms with Crippen molar-refractivity contribution in [2.45, 2.75) is 51.2 Å². The second-order valence-corrected chi connectivity index (χ2v) is 5.03. The Bertz CT molecular complexity index is 381. The Morgan fingerprint density at radius 3 is 2.50 bits per heavy atom. The van der Waals surface area contributed by atoms with Gasteiger partial charge in [0.05, 0.1) is 6.10 Å². The summed E-state index contributed by atoms with van der Waals surface area (Å²) >= 11 is 0. The number of carboxylic acid groups (broad SMARTS) is 1. The molecule has 0 aromatic heterocycles. The third-order valence-electron chi connectivity index (χ3n) is 3.44. The van der Waals surface area contributed by atoms with Crippen LogP contribution in [0.15, 0.2) is 30.3 Å². The Morgan fingerprint density at radius 2 is 1.90 bits per heavy atom. The molecule has 2 unspecified atom stereocenters. The van der Waals surface area contributed by atoms with Crippen LogP contribution in [0.5, 0.6) is 0 Å². The average Bonchev–Trinajstić information content (AvgIpc) is 2.46. The molecule has 0 aliphatic heterocycles. The van der Waals surface area contributed by atoms with Crippen LogP contribution < -0.4 is 5.32 Å². The molecule has 0 amide bonds. The fourth-order valence-electron chi connectivity index (χ4n) is 2.23. The maximum absolute atomic E-state index is 10.4. The minimum Gasteiger partial charge on any atom is -0.481 e. The summed E-state index contributed by atoms with van der Waals surface area (Å²) in [6.45, 7) is 2.86. The number of nitrogens with one attached hydrogen (secondary N) is 1. The topological polar surface area (TPSA) is 69.6 Å². The first-order chi connectivity index (χ1) is 9.65. The Kier molecular flexibility index (Phi) is 7.92. The molecule has 0 bridgehead atoms. The van der Waals surface area contributed by atoms with E-state index in [1.165, 1.54) is 0 Å². The number of aliphatic hydroxyl groups excluding tert-OH is 1. The minimum absolute atomic E-state index is 0.0388. The molecular formula is C16H25NO3. The second kappa shape index (κ2) is 9.50. The van der Waals surface area contributed by atoms with Crippen molar-refractivity contribution in [1.29, 1.82) is 0 Å². The third kappa shape index (κ3) is 6.17. The van der Waals surface area contributed by atoms with Gasteiger partial charge in [-0.15, -0.1) is 0 Å². The molecule has 1 aromatic carbocycles. The Labute approximate surface area is 120 Å². The van der Waals surface area contributed by atoms with E-state index in [9.17, 15) is 9.90 Å². The van der Waals surface area contributed by atoms with E-state index in [4.69, 9.17) is 5.11 Å². The van der Waals surface area contributed by atoms with Crippen LogP contribution in [-0.4, -0.2) is 28.8 Å². The molecule has 0 aliphatic rings. The number of aliphatic hydroxyl groups is 1. The molecule has 20 heavy (non-hydrogen) atoms. The Balaban J connectivity index is 2.27. The van der Waals surface area contributed by atoms with Crippen molar-refractivity contribution in [3.63, 3.8) is 0 Å². The lowest BCUT2D eigenvalue weighted by Gasteiger charge is -2.23. The van der Waals surface area contributed by atoms with Crippen molar-refractivity contribution in [3.05, 3.63) is 35.9 Å². The monoisotopic (exact) mass is 279 g/mol. The number of aliphatic carboxylic acids is 1. The molecule has 3 N–H and O–H groups in total. The molecular weight excluding hydrogens is 254 g/mol. The highest BCUT2D eigenvalue weighted by Crippen LogP contribution is 2.18. The van der Waals surface area contributed by atoms with E-state index in [1.54, 1.807) is 0 Å². The maximum atomic E-state index is 10.4. The van der Waals surface area contributed by atoms with Crippen LogP contribution in [0.25, 0.3) is 0 Å². The van der Waals surface area contributed by atoms with E-state index < -0.39 is 12.1 Å². The fraction of sp³-hybridized carbons (Fsp3) is 0.562. The smallest absolute Gasteiger partial charge is 0.303 e. The molecule has 0 fully saturated rings. The highest BCUT2D eigenvalue weighted by atomic mass is 16.4. The van der Waals surface area contributed by atoms with Gasteiger partial charge in [0, 0.05) is 12.5 Å². The summed E-state index contributed by atoms with van der Waals surface area (Å²) in [5, 5.41) is 22.2. The SMILES string of the molecule is CCC(NCCCCCC(=O)O)C(O)c1ccccc1. The van der Waals surface area contributed by atoms with Crippen molar-refractivity contribution in [1.82, 2.24) is 5.32 Å². The van der Waals surface area contributed by atoms with Gasteiger partial charge in [-0.2, -0.15) is 0 Å². The van der Waals surface area contributed by atoms with Crippen LogP contribution in [0, 0.1) is 0 Å². The molecule has 112 valence electrons. The normalized spacial score (nSPS) is 13.9. The number of hydrogen-bond donors (Lipinski definition) is 3. The highest BCUT2D eigenvalue weighted by Gasteiger charge is 2.17.